The van der Waals surface area contributed by atoms with Crippen molar-refractivity contribution in [2.24, 2.45) is 0 Å². The van der Waals surface area contributed by atoms with Crippen LogP contribution in [-0.4, -0.2) is 59.2 Å². The van der Waals surface area contributed by atoms with Crippen LogP contribution in [0.5, 0.6) is 0 Å². The summed E-state index contributed by atoms with van der Waals surface area (Å²) in [4.78, 5) is 2.35. The SMILES string of the molecule is N#Cc1cccc(Cn2cc(NC(=S)NCCN3CCOCC3)cn2)c1. The highest BCUT2D eigenvalue weighted by Crippen LogP contribution is 2.09. The van der Waals surface area contributed by atoms with Crippen molar-refractivity contribution in [2.75, 3.05) is 44.7 Å². The molecule has 26 heavy (non-hydrogen) atoms. The molecule has 136 valence electrons. The lowest BCUT2D eigenvalue weighted by molar-refractivity contribution is 0.0389. The zero-order valence-electron chi connectivity index (χ0n) is 14.5. The maximum Gasteiger partial charge on any atom is 0.170 e. The number of thiocarbonyl (C=S) groups is 1. The number of anilines is 1. The number of ether oxygens (including phenoxy) is 1. The topological polar surface area (TPSA) is 78.1 Å². The third-order valence-electron chi connectivity index (χ3n) is 4.11. The number of rotatable bonds is 6. The summed E-state index contributed by atoms with van der Waals surface area (Å²) >= 11 is 5.34. The standard InChI is InChI=1S/C18H22N6OS/c19-11-15-2-1-3-16(10-15)13-24-14-17(12-21-24)22-18(26)20-4-5-23-6-8-25-9-7-23/h1-3,10,12,14H,4-9,13H2,(H2,20,22,26). The predicted molar refractivity (Wildman–Crippen MR) is 104 cm³/mol. The van der Waals surface area contributed by atoms with Gasteiger partial charge in [0.15, 0.2) is 5.11 Å². The van der Waals surface area contributed by atoms with Crippen molar-refractivity contribution in [2.45, 2.75) is 6.54 Å². The fourth-order valence-electron chi connectivity index (χ4n) is 2.77. The van der Waals surface area contributed by atoms with Gasteiger partial charge in [-0.25, -0.2) is 0 Å². The highest BCUT2D eigenvalue weighted by molar-refractivity contribution is 7.80. The van der Waals surface area contributed by atoms with Gasteiger partial charge in [-0.1, -0.05) is 12.1 Å². The van der Waals surface area contributed by atoms with Crippen LogP contribution in [0.1, 0.15) is 11.1 Å². The van der Waals surface area contributed by atoms with Gasteiger partial charge >= 0.3 is 0 Å². The molecule has 7 nitrogen and oxygen atoms in total. The Morgan fingerprint density at radius 2 is 2.19 bits per heavy atom. The van der Waals surface area contributed by atoms with Gasteiger partial charge in [-0.2, -0.15) is 10.4 Å². The van der Waals surface area contributed by atoms with Crippen molar-refractivity contribution in [1.29, 1.82) is 5.26 Å². The highest BCUT2D eigenvalue weighted by Gasteiger charge is 2.09. The molecule has 2 N–H and O–H groups in total. The molecule has 0 saturated carbocycles. The fourth-order valence-corrected chi connectivity index (χ4v) is 2.99. The number of nitrogens with one attached hydrogen (secondary N) is 2. The van der Waals surface area contributed by atoms with Crippen molar-refractivity contribution in [1.82, 2.24) is 20.0 Å². The van der Waals surface area contributed by atoms with E-state index in [1.165, 1.54) is 0 Å². The molecule has 1 aromatic carbocycles. The molecule has 2 heterocycles. The second kappa shape index (κ2) is 9.29. The minimum atomic E-state index is 0.587. The van der Waals surface area contributed by atoms with Gasteiger partial charge in [-0.05, 0) is 29.9 Å². The van der Waals surface area contributed by atoms with E-state index in [0.717, 1.165) is 50.6 Å². The monoisotopic (exact) mass is 370 g/mol. The second-order valence-corrected chi connectivity index (χ2v) is 6.48. The number of hydrogen-bond donors (Lipinski definition) is 2. The molecule has 1 aliphatic heterocycles. The predicted octanol–water partition coefficient (Wildman–Crippen LogP) is 1.42. The zero-order valence-corrected chi connectivity index (χ0v) is 15.3. The molecule has 0 radical (unpaired) electrons. The van der Waals surface area contributed by atoms with Crippen LogP contribution in [0.3, 0.4) is 0 Å². The van der Waals surface area contributed by atoms with Crippen LogP contribution in [-0.2, 0) is 11.3 Å². The Morgan fingerprint density at radius 3 is 3.00 bits per heavy atom. The van der Waals surface area contributed by atoms with Crippen LogP contribution in [0.2, 0.25) is 0 Å². The quantitative estimate of drug-likeness (QED) is 0.745. The summed E-state index contributed by atoms with van der Waals surface area (Å²) in [7, 11) is 0. The van der Waals surface area contributed by atoms with E-state index < -0.39 is 0 Å². The van der Waals surface area contributed by atoms with E-state index in [1.807, 2.05) is 29.1 Å². The smallest absolute Gasteiger partial charge is 0.170 e. The first-order chi connectivity index (χ1) is 12.7. The largest absolute Gasteiger partial charge is 0.379 e. The Balaban J connectivity index is 1.43. The summed E-state index contributed by atoms with van der Waals surface area (Å²) in [6, 6.07) is 9.67. The Bertz CT molecular complexity index is 778. The van der Waals surface area contributed by atoms with E-state index in [1.54, 1.807) is 12.3 Å². The Labute approximate surface area is 158 Å². The zero-order chi connectivity index (χ0) is 18.2. The maximum atomic E-state index is 8.97. The molecule has 0 bridgehead atoms. The molecule has 2 aromatic rings. The lowest BCUT2D eigenvalue weighted by atomic mass is 10.1. The van der Waals surface area contributed by atoms with Crippen LogP contribution < -0.4 is 10.6 Å². The summed E-state index contributed by atoms with van der Waals surface area (Å²) in [6.07, 6.45) is 3.64. The average Bonchev–Trinajstić information content (AvgIpc) is 3.09. The van der Waals surface area contributed by atoms with Crippen LogP contribution in [0.15, 0.2) is 36.7 Å². The summed E-state index contributed by atoms with van der Waals surface area (Å²) in [5.41, 5.74) is 2.52. The first kappa shape index (κ1) is 18.3. The van der Waals surface area contributed by atoms with Crippen molar-refractivity contribution in [3.05, 3.63) is 47.8 Å². The van der Waals surface area contributed by atoms with E-state index in [2.05, 4.69) is 26.7 Å². The van der Waals surface area contributed by atoms with Crippen molar-refractivity contribution in [3.8, 4) is 6.07 Å². The van der Waals surface area contributed by atoms with Gasteiger partial charge in [0.2, 0.25) is 0 Å². The second-order valence-electron chi connectivity index (χ2n) is 6.07. The lowest BCUT2D eigenvalue weighted by Gasteiger charge is -2.26. The number of benzene rings is 1. The molecule has 0 atom stereocenters. The third-order valence-corrected chi connectivity index (χ3v) is 4.36. The van der Waals surface area contributed by atoms with E-state index in [9.17, 15) is 0 Å². The number of hydrogen-bond acceptors (Lipinski definition) is 5. The van der Waals surface area contributed by atoms with Crippen molar-refractivity contribution >= 4 is 23.0 Å². The van der Waals surface area contributed by atoms with E-state index in [-0.39, 0.29) is 0 Å². The molecule has 0 aliphatic carbocycles. The molecule has 8 heteroatoms. The van der Waals surface area contributed by atoms with Gasteiger partial charge in [0.25, 0.3) is 0 Å². The Hall–Kier alpha value is -2.47. The molecule has 1 saturated heterocycles. The van der Waals surface area contributed by atoms with Crippen LogP contribution in [0.25, 0.3) is 0 Å². The molecule has 1 aromatic heterocycles. The number of morpholine rings is 1. The summed E-state index contributed by atoms with van der Waals surface area (Å²) in [5, 5.41) is 20.3. The van der Waals surface area contributed by atoms with Crippen molar-refractivity contribution < 1.29 is 4.74 Å². The van der Waals surface area contributed by atoms with Gasteiger partial charge < -0.3 is 15.4 Å². The van der Waals surface area contributed by atoms with E-state index >= 15 is 0 Å². The van der Waals surface area contributed by atoms with Crippen LogP contribution in [0.4, 0.5) is 5.69 Å². The minimum absolute atomic E-state index is 0.587. The number of aromatic nitrogens is 2. The maximum absolute atomic E-state index is 8.97. The molecule has 0 spiro atoms. The molecule has 0 amide bonds. The normalized spacial score (nSPS) is 14.6. The van der Waals surface area contributed by atoms with E-state index in [0.29, 0.717) is 17.2 Å². The molecule has 3 rings (SSSR count). The molecule has 0 unspecified atom stereocenters. The first-order valence-electron chi connectivity index (χ1n) is 8.59. The van der Waals surface area contributed by atoms with Gasteiger partial charge in [-0.3, -0.25) is 9.58 Å². The molecular formula is C18H22N6OS. The molecular weight excluding hydrogens is 348 g/mol. The minimum Gasteiger partial charge on any atom is -0.379 e. The third kappa shape index (κ3) is 5.52. The summed E-state index contributed by atoms with van der Waals surface area (Å²) in [5.74, 6) is 0. The average molecular weight is 370 g/mol. The van der Waals surface area contributed by atoms with Crippen molar-refractivity contribution in [3.63, 3.8) is 0 Å². The Morgan fingerprint density at radius 1 is 1.35 bits per heavy atom. The van der Waals surface area contributed by atoms with Gasteiger partial charge in [0, 0.05) is 32.4 Å². The van der Waals surface area contributed by atoms with E-state index in [4.69, 9.17) is 22.2 Å². The number of nitriles is 1. The summed E-state index contributed by atoms with van der Waals surface area (Å²) in [6.45, 7) is 5.90. The lowest BCUT2D eigenvalue weighted by Crippen LogP contribution is -2.42. The fraction of sp³-hybridized carbons (Fsp3) is 0.389. The summed E-state index contributed by atoms with van der Waals surface area (Å²) < 4.78 is 7.15. The van der Waals surface area contributed by atoms with Gasteiger partial charge in [0.05, 0.1) is 43.3 Å². The first-order valence-corrected chi connectivity index (χ1v) is 9.00. The highest BCUT2D eigenvalue weighted by atomic mass is 32.1. The molecule has 1 aliphatic rings. The van der Waals surface area contributed by atoms with Gasteiger partial charge in [0.1, 0.15) is 0 Å². The number of nitrogens with zero attached hydrogens (tertiary/aromatic N) is 4. The van der Waals surface area contributed by atoms with Crippen LogP contribution >= 0.6 is 12.2 Å². The Kier molecular flexibility index (Phi) is 6.55. The molecule has 1 fully saturated rings. The van der Waals surface area contributed by atoms with Gasteiger partial charge in [-0.15, -0.1) is 0 Å². The van der Waals surface area contributed by atoms with Crippen LogP contribution in [0, 0.1) is 11.3 Å².